The van der Waals surface area contributed by atoms with Crippen molar-refractivity contribution >= 4 is 17.7 Å². The number of hydrogen-bond acceptors (Lipinski definition) is 8. The van der Waals surface area contributed by atoms with Crippen LogP contribution in [0.25, 0.3) is 0 Å². The van der Waals surface area contributed by atoms with Crippen LogP contribution in [0, 0.1) is 18.8 Å². The van der Waals surface area contributed by atoms with E-state index in [0.717, 1.165) is 0 Å². The summed E-state index contributed by atoms with van der Waals surface area (Å²) in [5.41, 5.74) is 1.87. The summed E-state index contributed by atoms with van der Waals surface area (Å²) in [6, 6.07) is 12.7. The highest BCUT2D eigenvalue weighted by Crippen LogP contribution is 2.45. The molecule has 3 atom stereocenters. The molecule has 0 unspecified atom stereocenters. The van der Waals surface area contributed by atoms with Gasteiger partial charge in [0.05, 0.1) is 18.6 Å². The van der Waals surface area contributed by atoms with Crippen molar-refractivity contribution in [3.63, 3.8) is 0 Å². The van der Waals surface area contributed by atoms with E-state index in [1.165, 1.54) is 7.11 Å². The van der Waals surface area contributed by atoms with Crippen molar-refractivity contribution in [3.05, 3.63) is 76.5 Å². The number of ether oxygens (including phenoxy) is 3. The number of aryl methyl sites for hydroxylation is 1. The summed E-state index contributed by atoms with van der Waals surface area (Å²) in [5, 5.41) is 3.22. The maximum atomic E-state index is 13.6. The Morgan fingerprint density at radius 2 is 1.83 bits per heavy atom. The highest BCUT2D eigenvalue weighted by Gasteiger charge is 2.48. The van der Waals surface area contributed by atoms with Gasteiger partial charge in [-0.15, -0.1) is 0 Å². The first-order valence-electron chi connectivity index (χ1n) is 11.6. The number of Topliss-reactive ketones (excluding diaryl/α,β-unsaturated/α-hetero) is 1. The maximum absolute atomic E-state index is 13.6. The Morgan fingerprint density at radius 1 is 1.09 bits per heavy atom. The topological polar surface area (TPSA) is 104 Å². The Morgan fingerprint density at radius 3 is 2.49 bits per heavy atom. The highest BCUT2D eigenvalue weighted by atomic mass is 16.6. The molecule has 2 aromatic rings. The minimum atomic E-state index is -0.950. The molecule has 1 aliphatic carbocycles. The number of carbonyl (C=O) groups is 3. The molecule has 0 saturated carbocycles. The highest BCUT2D eigenvalue weighted by molar-refractivity contribution is 6.12. The van der Waals surface area contributed by atoms with Crippen molar-refractivity contribution in [1.82, 2.24) is 5.32 Å². The van der Waals surface area contributed by atoms with Crippen molar-refractivity contribution in [1.29, 1.82) is 0 Å². The van der Waals surface area contributed by atoms with Crippen LogP contribution in [0.2, 0.25) is 0 Å². The fourth-order valence-corrected chi connectivity index (χ4v) is 4.73. The van der Waals surface area contributed by atoms with Gasteiger partial charge in [-0.25, -0.2) is 4.79 Å². The lowest BCUT2D eigenvalue weighted by molar-refractivity contribution is -0.151. The number of rotatable bonds is 7. The summed E-state index contributed by atoms with van der Waals surface area (Å²) in [6.07, 6.45) is 0.460. The molecule has 2 aliphatic rings. The molecule has 0 radical (unpaired) electrons. The van der Waals surface area contributed by atoms with Gasteiger partial charge in [-0.3, -0.25) is 9.59 Å². The van der Waals surface area contributed by atoms with Gasteiger partial charge < -0.3 is 23.9 Å². The molecule has 4 rings (SSSR count). The minimum absolute atomic E-state index is 0.0239. The average molecular weight is 480 g/mol. The Hall–Kier alpha value is -3.81. The Kier molecular flexibility index (Phi) is 7.10. The Bertz CT molecular complexity index is 1190. The third kappa shape index (κ3) is 4.87. The quantitative estimate of drug-likeness (QED) is 0.363. The smallest absolute Gasteiger partial charge is 0.336 e. The first-order valence-corrected chi connectivity index (χ1v) is 11.6. The molecule has 1 aromatic heterocycles. The summed E-state index contributed by atoms with van der Waals surface area (Å²) < 4.78 is 21.9. The van der Waals surface area contributed by atoms with Gasteiger partial charge in [-0.05, 0) is 50.5 Å². The van der Waals surface area contributed by atoms with Crippen LogP contribution in [-0.2, 0) is 23.9 Å². The molecule has 0 spiro atoms. The molecule has 1 aromatic carbocycles. The summed E-state index contributed by atoms with van der Waals surface area (Å²) in [4.78, 5) is 39.4. The zero-order valence-electron chi connectivity index (χ0n) is 20.3. The second-order valence-electron chi connectivity index (χ2n) is 8.78. The number of methoxy groups -OCH3 is 1. The van der Waals surface area contributed by atoms with Crippen LogP contribution >= 0.6 is 0 Å². The molecule has 1 aliphatic heterocycles. The Labute approximate surface area is 203 Å². The maximum Gasteiger partial charge on any atom is 0.336 e. The summed E-state index contributed by atoms with van der Waals surface area (Å²) >= 11 is 0. The minimum Gasteiger partial charge on any atom is -0.490 e. The normalized spacial score (nSPS) is 21.8. The summed E-state index contributed by atoms with van der Waals surface area (Å²) in [6.45, 7) is 5.60. The number of carbonyl (C=O) groups excluding carboxylic acids is 3. The van der Waals surface area contributed by atoms with Gasteiger partial charge in [0.2, 0.25) is 0 Å². The second kappa shape index (κ2) is 10.2. The van der Waals surface area contributed by atoms with Crippen molar-refractivity contribution < 1.29 is 33.0 Å². The molecule has 1 N–H and O–H groups in total. The van der Waals surface area contributed by atoms with Crippen LogP contribution in [0.5, 0.6) is 5.75 Å². The number of allylic oxidation sites excluding steroid dienone is 3. The average Bonchev–Trinajstić information content (AvgIpc) is 3.27. The molecular formula is C27H29NO7. The van der Waals surface area contributed by atoms with Gasteiger partial charge in [0.25, 0.3) is 0 Å². The fourth-order valence-electron chi connectivity index (χ4n) is 4.73. The number of furan rings is 1. The number of dihydropyridines is 1. The first-order chi connectivity index (χ1) is 16.8. The van der Waals surface area contributed by atoms with Crippen molar-refractivity contribution in [3.8, 4) is 5.75 Å². The van der Waals surface area contributed by atoms with Gasteiger partial charge in [0.15, 0.2) is 5.78 Å². The van der Waals surface area contributed by atoms with Crippen LogP contribution in [0.1, 0.15) is 37.7 Å². The van der Waals surface area contributed by atoms with Crippen LogP contribution in [0.15, 0.2) is 69.4 Å². The fraction of sp³-hybridized carbons (Fsp3) is 0.370. The molecular weight excluding hydrogens is 450 g/mol. The first kappa shape index (κ1) is 24.3. The van der Waals surface area contributed by atoms with Crippen molar-refractivity contribution in [2.24, 2.45) is 11.8 Å². The predicted octanol–water partition coefficient (Wildman–Crippen LogP) is 3.82. The molecule has 8 nitrogen and oxygen atoms in total. The summed E-state index contributed by atoms with van der Waals surface area (Å²) in [7, 11) is 1.27. The van der Waals surface area contributed by atoms with E-state index in [2.05, 4.69) is 5.32 Å². The number of hydrogen-bond donors (Lipinski definition) is 1. The van der Waals surface area contributed by atoms with Crippen molar-refractivity contribution in [2.75, 3.05) is 20.3 Å². The third-order valence-electron chi connectivity index (χ3n) is 6.34. The molecule has 0 fully saturated rings. The number of nitrogens with one attached hydrogen (secondary N) is 1. The van der Waals surface area contributed by atoms with Gasteiger partial charge >= 0.3 is 11.9 Å². The van der Waals surface area contributed by atoms with Gasteiger partial charge in [0.1, 0.15) is 36.4 Å². The van der Waals surface area contributed by atoms with Crippen LogP contribution in [0.4, 0.5) is 0 Å². The Balaban J connectivity index is 1.61. The molecule has 8 heteroatoms. The molecule has 35 heavy (non-hydrogen) atoms. The third-order valence-corrected chi connectivity index (χ3v) is 6.34. The number of benzene rings is 1. The predicted molar refractivity (Wildman–Crippen MR) is 126 cm³/mol. The van der Waals surface area contributed by atoms with Gasteiger partial charge in [0, 0.05) is 17.0 Å². The number of para-hydroxylation sites is 1. The SMILES string of the molecule is COC(=O)[C@@H]1C(=O)C2=C(C[C@@H]1C)NC(C)=C(C(=O)OCCOc1ccccc1)[C@@H]2c1ccc(C)o1. The lowest BCUT2D eigenvalue weighted by Gasteiger charge is -2.37. The largest absolute Gasteiger partial charge is 0.490 e. The lowest BCUT2D eigenvalue weighted by atomic mass is 9.70. The zero-order chi connectivity index (χ0) is 25.1. The molecule has 0 saturated heterocycles. The lowest BCUT2D eigenvalue weighted by Crippen LogP contribution is -2.43. The van der Waals surface area contributed by atoms with E-state index in [-0.39, 0.29) is 30.5 Å². The van der Waals surface area contributed by atoms with E-state index in [1.54, 1.807) is 26.0 Å². The van der Waals surface area contributed by atoms with E-state index >= 15 is 0 Å². The molecule has 184 valence electrons. The van der Waals surface area contributed by atoms with Crippen LogP contribution < -0.4 is 10.1 Å². The molecule has 0 bridgehead atoms. The van der Waals surface area contributed by atoms with Crippen LogP contribution in [-0.4, -0.2) is 38.0 Å². The van der Waals surface area contributed by atoms with E-state index < -0.39 is 23.8 Å². The van der Waals surface area contributed by atoms with E-state index in [1.807, 2.05) is 37.3 Å². The zero-order valence-corrected chi connectivity index (χ0v) is 20.3. The number of esters is 2. The summed E-state index contributed by atoms with van der Waals surface area (Å²) in [5.74, 6) is -1.79. The van der Waals surface area contributed by atoms with Gasteiger partial charge in [-0.2, -0.15) is 0 Å². The van der Waals surface area contributed by atoms with Crippen LogP contribution in [0.3, 0.4) is 0 Å². The van der Waals surface area contributed by atoms with Crippen molar-refractivity contribution in [2.45, 2.75) is 33.1 Å². The van der Waals surface area contributed by atoms with E-state index in [0.29, 0.717) is 40.7 Å². The molecule has 2 heterocycles. The monoisotopic (exact) mass is 479 g/mol. The van der Waals surface area contributed by atoms with E-state index in [4.69, 9.17) is 18.6 Å². The standard InChI is InChI=1S/C27H29NO7/c1-15-14-19-23(25(29)21(15)26(30)32-4)24(20-11-10-16(2)35-20)22(17(3)28-19)27(31)34-13-12-33-18-8-6-5-7-9-18/h5-11,15,21,24,28H,12-14H2,1-4H3/t15-,21-,24-/m0/s1. The number of ketones is 1. The molecule has 0 amide bonds. The second-order valence-corrected chi connectivity index (χ2v) is 8.78. The van der Waals surface area contributed by atoms with Gasteiger partial charge in [-0.1, -0.05) is 25.1 Å². The van der Waals surface area contributed by atoms with E-state index in [9.17, 15) is 14.4 Å².